The zero-order valence-electron chi connectivity index (χ0n) is 15.2. The Kier molecular flexibility index (Phi) is 7.78. The van der Waals surface area contributed by atoms with Gasteiger partial charge in [-0.3, -0.25) is 10.0 Å². The number of hydrogen-bond acceptors (Lipinski definition) is 5. The molecule has 8 heteroatoms. The molecule has 0 saturated heterocycles. The molecule has 0 aliphatic carbocycles. The minimum atomic E-state index is -3.75. The molecule has 27 heavy (non-hydrogen) atoms. The summed E-state index contributed by atoms with van der Waals surface area (Å²) in [5, 5.41) is 8.61. The molecule has 2 rings (SSSR count). The molecule has 0 spiro atoms. The molecule has 0 saturated carbocycles. The summed E-state index contributed by atoms with van der Waals surface area (Å²) >= 11 is 0. The maximum atomic E-state index is 12.9. The molecule has 0 fully saturated rings. The van der Waals surface area contributed by atoms with Crippen LogP contribution in [0.3, 0.4) is 0 Å². The van der Waals surface area contributed by atoms with Crippen molar-refractivity contribution in [1.82, 2.24) is 9.79 Å². The van der Waals surface area contributed by atoms with E-state index in [9.17, 15) is 13.2 Å². The van der Waals surface area contributed by atoms with Gasteiger partial charge in [0.05, 0.1) is 4.90 Å². The van der Waals surface area contributed by atoms with Crippen molar-refractivity contribution in [2.75, 3.05) is 13.1 Å². The normalized spacial score (nSPS) is 11.4. The first-order valence-electron chi connectivity index (χ1n) is 8.73. The monoisotopic (exact) mass is 392 g/mol. The van der Waals surface area contributed by atoms with Crippen molar-refractivity contribution in [3.8, 4) is 11.5 Å². The second-order valence-corrected chi connectivity index (χ2v) is 7.87. The number of para-hydroxylation sites is 1. The van der Waals surface area contributed by atoms with Gasteiger partial charge in [0, 0.05) is 19.5 Å². The third-order valence-electron chi connectivity index (χ3n) is 3.91. The molecule has 146 valence electrons. The number of carbonyl (C=O) groups excluding carboxylic acids is 1. The van der Waals surface area contributed by atoms with Crippen molar-refractivity contribution >= 4 is 15.9 Å². The fraction of sp³-hybridized carbons (Fsp3) is 0.316. The lowest BCUT2D eigenvalue weighted by molar-refractivity contribution is -0.129. The summed E-state index contributed by atoms with van der Waals surface area (Å²) in [7, 11) is -3.75. The van der Waals surface area contributed by atoms with E-state index in [0.717, 1.165) is 6.42 Å². The predicted octanol–water partition coefficient (Wildman–Crippen LogP) is 3.17. The predicted molar refractivity (Wildman–Crippen MR) is 101 cm³/mol. The standard InChI is InChI=1S/C19H24N2O5S/c1-2-3-14-21(15-13-19(22)20-23)27(24,25)18-11-9-17(10-12-18)26-16-7-5-4-6-8-16/h4-12,23H,2-3,13-15H2,1H3,(H,20,22). The van der Waals surface area contributed by atoms with Crippen molar-refractivity contribution < 1.29 is 23.2 Å². The first-order valence-corrected chi connectivity index (χ1v) is 10.2. The molecule has 7 nitrogen and oxygen atoms in total. The van der Waals surface area contributed by atoms with Gasteiger partial charge in [0.2, 0.25) is 15.9 Å². The lowest BCUT2D eigenvalue weighted by atomic mass is 10.3. The van der Waals surface area contributed by atoms with Gasteiger partial charge in [-0.05, 0) is 42.8 Å². The summed E-state index contributed by atoms with van der Waals surface area (Å²) in [5.74, 6) is 0.561. The Labute approximate surface area is 159 Å². The van der Waals surface area contributed by atoms with Gasteiger partial charge >= 0.3 is 0 Å². The van der Waals surface area contributed by atoms with Crippen molar-refractivity contribution in [1.29, 1.82) is 0 Å². The maximum absolute atomic E-state index is 12.9. The van der Waals surface area contributed by atoms with Gasteiger partial charge in [-0.2, -0.15) is 4.31 Å². The molecule has 0 bridgehead atoms. The third kappa shape index (κ3) is 6.06. The molecule has 0 radical (unpaired) electrons. The summed E-state index contributed by atoms with van der Waals surface area (Å²) < 4.78 is 32.7. The molecule has 0 aromatic heterocycles. The molecule has 2 N–H and O–H groups in total. The lowest BCUT2D eigenvalue weighted by Gasteiger charge is -2.21. The molecule has 2 aromatic carbocycles. The summed E-state index contributed by atoms with van der Waals surface area (Å²) in [6.45, 7) is 2.26. The highest BCUT2D eigenvalue weighted by Gasteiger charge is 2.24. The van der Waals surface area contributed by atoms with Gasteiger partial charge in [0.1, 0.15) is 11.5 Å². The molecule has 0 unspecified atom stereocenters. The second kappa shape index (κ2) is 10.1. The van der Waals surface area contributed by atoms with Gasteiger partial charge < -0.3 is 4.74 Å². The van der Waals surface area contributed by atoms with Crippen LogP contribution in [0.5, 0.6) is 11.5 Å². The van der Waals surface area contributed by atoms with E-state index in [0.29, 0.717) is 24.5 Å². The van der Waals surface area contributed by atoms with E-state index in [1.807, 2.05) is 37.3 Å². The van der Waals surface area contributed by atoms with Crippen LogP contribution in [0.15, 0.2) is 59.5 Å². The van der Waals surface area contributed by atoms with Gasteiger partial charge in [-0.1, -0.05) is 31.5 Å². The first kappa shape index (κ1) is 20.9. The van der Waals surface area contributed by atoms with Crippen LogP contribution in [-0.2, 0) is 14.8 Å². The van der Waals surface area contributed by atoms with Crippen molar-refractivity contribution in [3.05, 3.63) is 54.6 Å². The highest BCUT2D eigenvalue weighted by Crippen LogP contribution is 2.24. The molecular formula is C19H24N2O5S. The quantitative estimate of drug-likeness (QED) is 0.478. The molecule has 2 aromatic rings. The van der Waals surface area contributed by atoms with Crippen molar-refractivity contribution in [2.45, 2.75) is 31.1 Å². The topological polar surface area (TPSA) is 95.9 Å². The number of hydrogen-bond donors (Lipinski definition) is 2. The SMILES string of the molecule is CCCCN(CCC(=O)NO)S(=O)(=O)c1ccc(Oc2ccccc2)cc1. The lowest BCUT2D eigenvalue weighted by Crippen LogP contribution is -2.35. The fourth-order valence-electron chi connectivity index (χ4n) is 2.42. The van der Waals surface area contributed by atoms with Crippen molar-refractivity contribution in [2.24, 2.45) is 0 Å². The Morgan fingerprint density at radius 3 is 2.26 bits per heavy atom. The van der Waals surface area contributed by atoms with E-state index in [1.54, 1.807) is 12.1 Å². The van der Waals surface area contributed by atoms with Crippen molar-refractivity contribution in [3.63, 3.8) is 0 Å². The highest BCUT2D eigenvalue weighted by atomic mass is 32.2. The van der Waals surface area contributed by atoms with Crippen LogP contribution in [0.4, 0.5) is 0 Å². The number of carbonyl (C=O) groups is 1. The Balaban J connectivity index is 2.14. The number of rotatable bonds is 10. The molecule has 0 heterocycles. The Morgan fingerprint density at radius 1 is 1.04 bits per heavy atom. The first-order chi connectivity index (χ1) is 13.0. The summed E-state index contributed by atoms with van der Waals surface area (Å²) in [4.78, 5) is 11.4. The number of hydroxylamine groups is 1. The summed E-state index contributed by atoms with van der Waals surface area (Å²) in [5.41, 5.74) is 1.52. The van der Waals surface area contributed by atoms with Crippen LogP contribution < -0.4 is 10.2 Å². The minimum Gasteiger partial charge on any atom is -0.457 e. The van der Waals surface area contributed by atoms with E-state index in [4.69, 9.17) is 9.94 Å². The second-order valence-electron chi connectivity index (χ2n) is 5.93. The highest BCUT2D eigenvalue weighted by molar-refractivity contribution is 7.89. The number of benzene rings is 2. The zero-order chi connectivity index (χ0) is 19.7. The average molecular weight is 392 g/mol. The van der Waals surface area contributed by atoms with Gasteiger partial charge in [0.25, 0.3) is 0 Å². The Morgan fingerprint density at radius 2 is 1.67 bits per heavy atom. The van der Waals surface area contributed by atoms with Gasteiger partial charge in [-0.15, -0.1) is 0 Å². The van der Waals surface area contributed by atoms with E-state index in [2.05, 4.69) is 0 Å². The molecule has 0 aliphatic rings. The number of nitrogens with zero attached hydrogens (tertiary/aromatic N) is 1. The number of nitrogens with one attached hydrogen (secondary N) is 1. The van der Waals surface area contributed by atoms with E-state index < -0.39 is 15.9 Å². The smallest absolute Gasteiger partial charge is 0.244 e. The maximum Gasteiger partial charge on any atom is 0.244 e. The van der Waals surface area contributed by atoms with Crippen LogP contribution in [0.1, 0.15) is 26.2 Å². The Bertz CT molecular complexity index is 823. The summed E-state index contributed by atoms with van der Waals surface area (Å²) in [6.07, 6.45) is 1.38. The zero-order valence-corrected chi connectivity index (χ0v) is 16.0. The molecule has 0 aliphatic heterocycles. The van der Waals surface area contributed by atoms with E-state index in [1.165, 1.54) is 21.9 Å². The minimum absolute atomic E-state index is 0.00298. The van der Waals surface area contributed by atoms with Crippen LogP contribution >= 0.6 is 0 Å². The number of amides is 1. The third-order valence-corrected chi connectivity index (χ3v) is 5.83. The Hall–Kier alpha value is -2.42. The number of unbranched alkanes of at least 4 members (excludes halogenated alkanes) is 1. The van der Waals surface area contributed by atoms with Gasteiger partial charge in [-0.25, -0.2) is 13.9 Å². The number of sulfonamides is 1. The van der Waals surface area contributed by atoms with E-state index in [-0.39, 0.29) is 17.9 Å². The van der Waals surface area contributed by atoms with E-state index >= 15 is 0 Å². The fourth-order valence-corrected chi connectivity index (χ4v) is 3.90. The van der Waals surface area contributed by atoms with Crippen LogP contribution in [0.25, 0.3) is 0 Å². The van der Waals surface area contributed by atoms with Crippen LogP contribution in [-0.4, -0.2) is 36.9 Å². The van der Waals surface area contributed by atoms with Gasteiger partial charge in [0.15, 0.2) is 0 Å². The summed E-state index contributed by atoms with van der Waals surface area (Å²) in [6, 6.07) is 15.4. The largest absolute Gasteiger partial charge is 0.457 e. The number of ether oxygens (including phenoxy) is 1. The molecular weight excluding hydrogens is 368 g/mol. The average Bonchev–Trinajstić information content (AvgIpc) is 2.68. The molecule has 0 atom stereocenters. The van der Waals surface area contributed by atoms with Crippen LogP contribution in [0.2, 0.25) is 0 Å². The molecule has 1 amide bonds. The van der Waals surface area contributed by atoms with Crippen LogP contribution in [0, 0.1) is 0 Å².